The van der Waals surface area contributed by atoms with E-state index in [1.54, 1.807) is 7.11 Å². The van der Waals surface area contributed by atoms with E-state index in [4.69, 9.17) is 4.74 Å². The molecule has 0 amide bonds. The van der Waals surface area contributed by atoms with Crippen LogP contribution in [0.15, 0.2) is 30.0 Å². The second-order valence-corrected chi connectivity index (χ2v) is 6.53. The molecule has 1 aliphatic carbocycles. The average Bonchev–Trinajstić information content (AvgIpc) is 3.22. The Morgan fingerprint density at radius 2 is 2.19 bits per heavy atom. The van der Waals surface area contributed by atoms with Crippen molar-refractivity contribution in [1.29, 1.82) is 0 Å². The van der Waals surface area contributed by atoms with Crippen LogP contribution in [-0.4, -0.2) is 22.6 Å². The largest absolute Gasteiger partial charge is 0.496 e. The quantitative estimate of drug-likeness (QED) is 0.723. The highest BCUT2D eigenvalue weighted by Crippen LogP contribution is 2.36. The van der Waals surface area contributed by atoms with Gasteiger partial charge in [0.2, 0.25) is 0 Å². The van der Waals surface area contributed by atoms with Crippen molar-refractivity contribution in [3.8, 4) is 5.75 Å². The van der Waals surface area contributed by atoms with Crippen LogP contribution in [0, 0.1) is 5.92 Å². The number of nitrogens with one attached hydrogen (secondary N) is 1. The van der Waals surface area contributed by atoms with E-state index in [9.17, 15) is 8.42 Å². The first-order chi connectivity index (χ1) is 10.1. The first-order valence-electron chi connectivity index (χ1n) is 7.25. The maximum Gasteiger partial charge on any atom is 0.144 e. The highest BCUT2D eigenvalue weighted by atomic mass is 32.2. The van der Waals surface area contributed by atoms with E-state index in [0.29, 0.717) is 5.75 Å². The molecule has 0 unspecified atom stereocenters. The first kappa shape index (κ1) is 15.9. The lowest BCUT2D eigenvalue weighted by Gasteiger charge is -2.11. The summed E-state index contributed by atoms with van der Waals surface area (Å²) in [6, 6.07) is 5.81. The molecule has 0 spiro atoms. The minimum atomic E-state index is -2.45. The van der Waals surface area contributed by atoms with Crippen molar-refractivity contribution in [1.82, 2.24) is 5.32 Å². The molecule has 4 nitrogen and oxygen atoms in total. The van der Waals surface area contributed by atoms with Gasteiger partial charge in [-0.1, -0.05) is 12.1 Å². The fraction of sp³-hybridized carbons (Fsp3) is 0.500. The first-order valence-corrected chi connectivity index (χ1v) is 8.61. The standard InChI is InChI=1S/C16H23NO3S/c1-17-10-14(7-12-3-4-12)8-13-5-6-16(20-2)15(9-13)11-21(18)19/h5-6,9-10,12,17,21H,3-4,7-8,11H2,1-2H3. The zero-order valence-electron chi connectivity index (χ0n) is 12.6. The van der Waals surface area contributed by atoms with Gasteiger partial charge in [0.15, 0.2) is 0 Å². The van der Waals surface area contributed by atoms with Crippen LogP contribution in [0.1, 0.15) is 30.4 Å². The normalized spacial score (nSPS) is 15.3. The zero-order valence-corrected chi connectivity index (χ0v) is 13.5. The second kappa shape index (κ2) is 7.50. The molecule has 0 heterocycles. The van der Waals surface area contributed by atoms with Crippen molar-refractivity contribution < 1.29 is 13.2 Å². The third-order valence-corrected chi connectivity index (χ3v) is 4.27. The minimum Gasteiger partial charge on any atom is -0.496 e. The van der Waals surface area contributed by atoms with Gasteiger partial charge in [-0.05, 0) is 55.0 Å². The van der Waals surface area contributed by atoms with E-state index < -0.39 is 10.7 Å². The van der Waals surface area contributed by atoms with E-state index in [1.165, 1.54) is 18.4 Å². The zero-order chi connectivity index (χ0) is 15.2. The molecule has 21 heavy (non-hydrogen) atoms. The van der Waals surface area contributed by atoms with Crippen molar-refractivity contribution >= 4 is 10.7 Å². The van der Waals surface area contributed by atoms with Crippen LogP contribution in [0.5, 0.6) is 5.75 Å². The van der Waals surface area contributed by atoms with Crippen molar-refractivity contribution in [2.24, 2.45) is 5.92 Å². The van der Waals surface area contributed by atoms with Gasteiger partial charge >= 0.3 is 0 Å². The topological polar surface area (TPSA) is 55.4 Å². The van der Waals surface area contributed by atoms with Crippen LogP contribution in [-0.2, 0) is 22.9 Å². The number of rotatable bonds is 8. The van der Waals surface area contributed by atoms with E-state index in [0.717, 1.165) is 29.9 Å². The van der Waals surface area contributed by atoms with Crippen molar-refractivity contribution in [3.63, 3.8) is 0 Å². The van der Waals surface area contributed by atoms with Crippen molar-refractivity contribution in [2.45, 2.75) is 31.4 Å². The molecular weight excluding hydrogens is 286 g/mol. The monoisotopic (exact) mass is 309 g/mol. The Hall–Kier alpha value is -1.49. The predicted octanol–water partition coefficient (Wildman–Crippen LogP) is 2.25. The lowest BCUT2D eigenvalue weighted by atomic mass is 9.99. The maximum absolute atomic E-state index is 11.0. The molecule has 0 radical (unpaired) electrons. The van der Waals surface area contributed by atoms with Gasteiger partial charge in [0.05, 0.1) is 12.9 Å². The van der Waals surface area contributed by atoms with Gasteiger partial charge in [-0.25, -0.2) is 8.42 Å². The minimum absolute atomic E-state index is 0.0278. The van der Waals surface area contributed by atoms with Gasteiger partial charge in [0, 0.05) is 12.6 Å². The molecule has 1 aromatic carbocycles. The molecule has 116 valence electrons. The number of benzene rings is 1. The van der Waals surface area contributed by atoms with E-state index in [-0.39, 0.29) is 5.75 Å². The Morgan fingerprint density at radius 3 is 2.76 bits per heavy atom. The third kappa shape index (κ3) is 5.08. The summed E-state index contributed by atoms with van der Waals surface area (Å²) < 4.78 is 27.2. The molecule has 1 fully saturated rings. The molecule has 1 aromatic rings. The fourth-order valence-corrected chi connectivity index (χ4v) is 3.07. The average molecular weight is 309 g/mol. The highest BCUT2D eigenvalue weighted by molar-refractivity contribution is 7.71. The van der Waals surface area contributed by atoms with Gasteiger partial charge in [-0.2, -0.15) is 0 Å². The number of methoxy groups -OCH3 is 1. The summed E-state index contributed by atoms with van der Waals surface area (Å²) in [5.41, 5.74) is 3.23. The van der Waals surface area contributed by atoms with Crippen molar-refractivity contribution in [3.05, 3.63) is 41.1 Å². The van der Waals surface area contributed by atoms with Gasteiger partial charge in [-0.15, -0.1) is 0 Å². The molecular formula is C16H23NO3S. The summed E-state index contributed by atoms with van der Waals surface area (Å²) in [7, 11) is 1.03. The van der Waals surface area contributed by atoms with Crippen LogP contribution in [0.25, 0.3) is 0 Å². The van der Waals surface area contributed by atoms with E-state index >= 15 is 0 Å². The number of allylic oxidation sites excluding steroid dienone is 1. The Labute approximate surface area is 128 Å². The highest BCUT2D eigenvalue weighted by Gasteiger charge is 2.22. The van der Waals surface area contributed by atoms with Crippen LogP contribution in [0.2, 0.25) is 0 Å². The molecule has 5 heteroatoms. The summed E-state index contributed by atoms with van der Waals surface area (Å²) >= 11 is 0. The van der Waals surface area contributed by atoms with Crippen LogP contribution >= 0.6 is 0 Å². The number of ether oxygens (including phenoxy) is 1. The maximum atomic E-state index is 11.0. The molecule has 0 aliphatic heterocycles. The number of hydrogen-bond donors (Lipinski definition) is 2. The summed E-state index contributed by atoms with van der Waals surface area (Å²) in [5, 5.41) is 3.11. The molecule has 2 rings (SSSR count). The Morgan fingerprint density at radius 1 is 1.43 bits per heavy atom. The second-order valence-electron chi connectivity index (χ2n) is 5.55. The Bertz CT molecular complexity index is 581. The lowest BCUT2D eigenvalue weighted by Crippen LogP contribution is -2.02. The number of hydrogen-bond acceptors (Lipinski definition) is 4. The van der Waals surface area contributed by atoms with Gasteiger partial charge in [0.1, 0.15) is 16.5 Å². The summed E-state index contributed by atoms with van der Waals surface area (Å²) in [6.45, 7) is 0. The van der Waals surface area contributed by atoms with Gasteiger partial charge in [-0.3, -0.25) is 0 Å². The van der Waals surface area contributed by atoms with Crippen LogP contribution in [0.3, 0.4) is 0 Å². The molecule has 0 atom stereocenters. The third-order valence-electron chi connectivity index (χ3n) is 3.67. The van der Waals surface area contributed by atoms with Gasteiger partial charge in [0.25, 0.3) is 0 Å². The Balaban J connectivity index is 2.15. The lowest BCUT2D eigenvalue weighted by molar-refractivity contribution is 0.411. The summed E-state index contributed by atoms with van der Waals surface area (Å²) in [5.74, 6) is 1.50. The molecule has 0 saturated heterocycles. The van der Waals surface area contributed by atoms with E-state index in [1.807, 2.05) is 25.2 Å². The molecule has 0 aromatic heterocycles. The van der Waals surface area contributed by atoms with Crippen LogP contribution in [0.4, 0.5) is 0 Å². The molecule has 1 saturated carbocycles. The van der Waals surface area contributed by atoms with E-state index in [2.05, 4.69) is 11.5 Å². The molecule has 0 bridgehead atoms. The fourth-order valence-electron chi connectivity index (χ4n) is 2.55. The predicted molar refractivity (Wildman–Crippen MR) is 85.2 cm³/mol. The molecule has 1 aliphatic rings. The van der Waals surface area contributed by atoms with Crippen LogP contribution < -0.4 is 10.1 Å². The molecule has 1 N–H and O–H groups in total. The Kier molecular flexibility index (Phi) is 5.67. The number of thiol groups is 1. The van der Waals surface area contributed by atoms with Crippen molar-refractivity contribution in [2.75, 3.05) is 14.2 Å². The van der Waals surface area contributed by atoms with Gasteiger partial charge < -0.3 is 10.1 Å². The summed E-state index contributed by atoms with van der Waals surface area (Å²) in [4.78, 5) is 0. The SMILES string of the molecule is CNC=C(Cc1ccc(OC)c(C[SH](=O)=O)c1)CC1CC1. The summed E-state index contributed by atoms with van der Waals surface area (Å²) in [6.07, 6.45) is 6.69. The smallest absolute Gasteiger partial charge is 0.144 e.